The van der Waals surface area contributed by atoms with Gasteiger partial charge in [0.2, 0.25) is 0 Å². The molecule has 0 radical (unpaired) electrons. The molecule has 0 spiro atoms. The van der Waals surface area contributed by atoms with Crippen LogP contribution < -0.4 is 15.8 Å². The topological polar surface area (TPSA) is 50.2 Å². The molecule has 1 aromatic heterocycles. The lowest BCUT2D eigenvalue weighted by molar-refractivity contribution is 0.622. The molecule has 1 fully saturated rings. The molecule has 0 saturated carbocycles. The Morgan fingerprint density at radius 2 is 1.83 bits per heavy atom. The average molecular weight is 450 g/mol. The number of benzene rings is 2. The van der Waals surface area contributed by atoms with Crippen LogP contribution >= 0.6 is 34.8 Å². The summed E-state index contributed by atoms with van der Waals surface area (Å²) in [7, 11) is 0. The van der Waals surface area contributed by atoms with Crippen molar-refractivity contribution < 1.29 is 0 Å². The molecule has 1 aliphatic rings. The number of aromatic nitrogens is 2. The molecule has 4 rings (SSSR count). The van der Waals surface area contributed by atoms with Gasteiger partial charge in [0.05, 0.1) is 27.6 Å². The highest BCUT2D eigenvalue weighted by Crippen LogP contribution is 2.27. The largest absolute Gasteiger partial charge is 0.383 e. The van der Waals surface area contributed by atoms with E-state index < -0.39 is 5.56 Å². The minimum absolute atomic E-state index is 0.0656. The fourth-order valence-corrected chi connectivity index (χ4v) is 4.00. The summed E-state index contributed by atoms with van der Waals surface area (Å²) in [5.74, 6) is 0.533. The third-order valence-electron chi connectivity index (χ3n) is 5.06. The molecular formula is C21H19Cl3N4O. The zero-order chi connectivity index (χ0) is 20.4. The molecule has 150 valence electrons. The smallest absolute Gasteiger partial charge is 0.291 e. The van der Waals surface area contributed by atoms with Crippen molar-refractivity contribution in [3.05, 3.63) is 80.1 Å². The van der Waals surface area contributed by atoms with Crippen molar-refractivity contribution in [1.82, 2.24) is 9.78 Å². The summed E-state index contributed by atoms with van der Waals surface area (Å²) in [5.41, 5.74) is 2.13. The summed E-state index contributed by atoms with van der Waals surface area (Å²) in [4.78, 5) is 14.7. The highest BCUT2D eigenvalue weighted by molar-refractivity contribution is 6.41. The predicted octanol–water partition coefficient (Wildman–Crippen LogP) is 5.13. The van der Waals surface area contributed by atoms with Crippen molar-refractivity contribution in [2.75, 3.05) is 29.9 Å². The van der Waals surface area contributed by atoms with E-state index in [1.165, 1.54) is 16.6 Å². The molecule has 2 heterocycles. The first-order valence-corrected chi connectivity index (χ1v) is 10.4. The Labute approximate surface area is 183 Å². The molecule has 3 aromatic rings. The van der Waals surface area contributed by atoms with Gasteiger partial charge in [-0.2, -0.15) is 9.78 Å². The Morgan fingerprint density at radius 1 is 1.03 bits per heavy atom. The van der Waals surface area contributed by atoms with Crippen LogP contribution in [0.5, 0.6) is 0 Å². The Bertz CT molecular complexity index is 1070. The minimum Gasteiger partial charge on any atom is -0.383 e. The third kappa shape index (κ3) is 4.37. The van der Waals surface area contributed by atoms with Crippen molar-refractivity contribution >= 4 is 46.2 Å². The Kier molecular flexibility index (Phi) is 5.99. The monoisotopic (exact) mass is 448 g/mol. The lowest BCUT2D eigenvalue weighted by atomic mass is 10.1. The molecule has 1 N–H and O–H groups in total. The van der Waals surface area contributed by atoms with Gasteiger partial charge >= 0.3 is 0 Å². The molecule has 1 saturated heterocycles. The molecular weight excluding hydrogens is 431 g/mol. The Balaban J connectivity index is 1.42. The lowest BCUT2D eigenvalue weighted by Crippen LogP contribution is -2.22. The maximum Gasteiger partial charge on any atom is 0.291 e. The Morgan fingerprint density at radius 3 is 2.59 bits per heavy atom. The van der Waals surface area contributed by atoms with Crippen LogP contribution in [0.1, 0.15) is 6.42 Å². The van der Waals surface area contributed by atoms with Crippen LogP contribution in [0, 0.1) is 5.92 Å². The molecule has 5 nitrogen and oxygen atoms in total. The number of nitrogens with one attached hydrogen (secondary N) is 1. The molecule has 0 amide bonds. The van der Waals surface area contributed by atoms with Gasteiger partial charge in [-0.3, -0.25) is 4.79 Å². The molecule has 0 bridgehead atoms. The maximum absolute atomic E-state index is 12.3. The van der Waals surface area contributed by atoms with E-state index >= 15 is 0 Å². The van der Waals surface area contributed by atoms with Crippen LogP contribution in [0.2, 0.25) is 15.1 Å². The normalized spacial score (nSPS) is 16.2. The summed E-state index contributed by atoms with van der Waals surface area (Å²) >= 11 is 18.2. The van der Waals surface area contributed by atoms with Crippen molar-refractivity contribution in [3.63, 3.8) is 0 Å². The second-order valence-corrected chi connectivity index (χ2v) is 8.20. The molecule has 0 aliphatic carbocycles. The second kappa shape index (κ2) is 8.66. The summed E-state index contributed by atoms with van der Waals surface area (Å²) in [6.45, 7) is 2.89. The van der Waals surface area contributed by atoms with E-state index in [9.17, 15) is 4.79 Å². The van der Waals surface area contributed by atoms with Gasteiger partial charge < -0.3 is 10.2 Å². The molecule has 29 heavy (non-hydrogen) atoms. The lowest BCUT2D eigenvalue weighted by Gasteiger charge is -2.19. The van der Waals surface area contributed by atoms with Crippen LogP contribution in [0.25, 0.3) is 5.69 Å². The molecule has 1 aliphatic heterocycles. The summed E-state index contributed by atoms with van der Waals surface area (Å²) in [5, 5.41) is 8.03. The first-order chi connectivity index (χ1) is 14.0. The number of anilines is 2. The van der Waals surface area contributed by atoms with Crippen molar-refractivity contribution in [2.45, 2.75) is 6.42 Å². The van der Waals surface area contributed by atoms with E-state index in [1.807, 2.05) is 12.1 Å². The van der Waals surface area contributed by atoms with E-state index in [-0.39, 0.29) is 10.0 Å². The standard InChI is InChI=1S/C21H19Cl3N4O/c22-17-10-16(28-21(29)20(24)18(23)12-26-28)6-7-19(17)25-11-14-8-9-27(13-14)15-4-2-1-3-5-15/h1-7,10,12,14,25H,8-9,11,13H2. The zero-order valence-corrected chi connectivity index (χ0v) is 17.8. The van der Waals surface area contributed by atoms with Crippen molar-refractivity contribution in [2.24, 2.45) is 5.92 Å². The first kappa shape index (κ1) is 20.1. The van der Waals surface area contributed by atoms with Crippen molar-refractivity contribution in [1.29, 1.82) is 0 Å². The van der Waals surface area contributed by atoms with E-state index in [4.69, 9.17) is 34.8 Å². The number of halogens is 3. The van der Waals surface area contributed by atoms with Gasteiger partial charge in [-0.05, 0) is 42.7 Å². The van der Waals surface area contributed by atoms with Crippen LogP contribution in [0.15, 0.2) is 59.5 Å². The molecule has 2 aromatic carbocycles. The quantitative estimate of drug-likeness (QED) is 0.586. The van der Waals surface area contributed by atoms with E-state index in [2.05, 4.69) is 39.6 Å². The summed E-state index contributed by atoms with van der Waals surface area (Å²) in [6.07, 6.45) is 2.46. The van der Waals surface area contributed by atoms with Crippen LogP contribution in [0.3, 0.4) is 0 Å². The zero-order valence-electron chi connectivity index (χ0n) is 15.5. The van der Waals surface area contributed by atoms with Gasteiger partial charge in [0.1, 0.15) is 5.02 Å². The van der Waals surface area contributed by atoms with Gasteiger partial charge in [0.25, 0.3) is 5.56 Å². The van der Waals surface area contributed by atoms with E-state index in [0.717, 1.165) is 31.7 Å². The van der Waals surface area contributed by atoms with Gasteiger partial charge in [0.15, 0.2) is 0 Å². The maximum atomic E-state index is 12.3. The number of para-hydroxylation sites is 1. The van der Waals surface area contributed by atoms with E-state index in [1.54, 1.807) is 12.1 Å². The number of hydrogen-bond acceptors (Lipinski definition) is 4. The van der Waals surface area contributed by atoms with Gasteiger partial charge in [-0.15, -0.1) is 0 Å². The van der Waals surface area contributed by atoms with E-state index in [0.29, 0.717) is 16.6 Å². The molecule has 8 heteroatoms. The number of rotatable bonds is 5. The summed E-state index contributed by atoms with van der Waals surface area (Å²) in [6, 6.07) is 15.8. The second-order valence-electron chi connectivity index (χ2n) is 7.00. The highest BCUT2D eigenvalue weighted by Gasteiger charge is 2.22. The Hall–Kier alpha value is -2.21. The SMILES string of the molecule is O=c1c(Cl)c(Cl)cnn1-c1ccc(NCC2CCN(c3ccccc3)C2)c(Cl)c1. The van der Waals surface area contributed by atoms with Gasteiger partial charge in [-0.1, -0.05) is 53.0 Å². The van der Waals surface area contributed by atoms with Gasteiger partial charge in [0, 0.05) is 25.3 Å². The molecule has 1 unspecified atom stereocenters. The van der Waals surface area contributed by atoms with Crippen LogP contribution in [-0.2, 0) is 0 Å². The first-order valence-electron chi connectivity index (χ1n) is 9.30. The fourth-order valence-electron chi connectivity index (χ4n) is 3.50. The average Bonchev–Trinajstić information content (AvgIpc) is 3.21. The third-order valence-corrected chi connectivity index (χ3v) is 6.12. The van der Waals surface area contributed by atoms with Crippen molar-refractivity contribution in [3.8, 4) is 5.69 Å². The molecule has 1 atom stereocenters. The van der Waals surface area contributed by atoms with Crippen LogP contribution in [-0.4, -0.2) is 29.4 Å². The van der Waals surface area contributed by atoms with Gasteiger partial charge in [-0.25, -0.2) is 0 Å². The minimum atomic E-state index is -0.483. The predicted molar refractivity (Wildman–Crippen MR) is 120 cm³/mol. The number of nitrogens with zero attached hydrogens (tertiary/aromatic N) is 3. The number of hydrogen-bond donors (Lipinski definition) is 1. The van der Waals surface area contributed by atoms with Crippen LogP contribution in [0.4, 0.5) is 11.4 Å². The highest BCUT2D eigenvalue weighted by atomic mass is 35.5. The summed E-state index contributed by atoms with van der Waals surface area (Å²) < 4.78 is 1.18. The fraction of sp³-hybridized carbons (Fsp3) is 0.238.